The summed E-state index contributed by atoms with van der Waals surface area (Å²) >= 11 is 1.47. The predicted octanol–water partition coefficient (Wildman–Crippen LogP) is 2.49. The van der Waals surface area contributed by atoms with E-state index in [9.17, 15) is 26.7 Å². The van der Waals surface area contributed by atoms with E-state index in [2.05, 4.69) is 0 Å². The van der Waals surface area contributed by atoms with Gasteiger partial charge in [0.05, 0.1) is 11.2 Å². The number of hydrogen-bond acceptors (Lipinski definition) is 6. The first-order valence-corrected chi connectivity index (χ1v) is 13.0. The summed E-state index contributed by atoms with van der Waals surface area (Å²) in [4.78, 5) is 13.8. The molecule has 0 bridgehead atoms. The number of aliphatic carboxylic acids is 1. The third kappa shape index (κ3) is 4.35. The van der Waals surface area contributed by atoms with Crippen molar-refractivity contribution in [1.82, 2.24) is 4.31 Å². The fourth-order valence-corrected chi connectivity index (χ4v) is 6.89. The molecule has 1 heterocycles. The third-order valence-electron chi connectivity index (χ3n) is 5.02. The fraction of sp³-hybridized carbons (Fsp3) is 0.316. The SMILES string of the molecule is CS(=O)(=O)N1CCC(C(=O)O)(S(=O)(=O)c2ccc(Sc3ccccc3)cc2)CC1. The number of nitrogens with zero attached hydrogens (tertiary/aromatic N) is 1. The Bertz CT molecular complexity index is 1090. The lowest BCUT2D eigenvalue weighted by Gasteiger charge is -2.37. The summed E-state index contributed by atoms with van der Waals surface area (Å²) in [7, 11) is -7.72. The highest BCUT2D eigenvalue weighted by Gasteiger charge is 2.54. The van der Waals surface area contributed by atoms with Crippen molar-refractivity contribution in [2.45, 2.75) is 32.3 Å². The number of carboxylic acid groups (broad SMARTS) is 1. The molecule has 0 unspecified atom stereocenters. The van der Waals surface area contributed by atoms with E-state index >= 15 is 0 Å². The number of carbonyl (C=O) groups is 1. The zero-order chi connectivity index (χ0) is 21.3. The first-order valence-electron chi connectivity index (χ1n) is 8.82. The average molecular weight is 456 g/mol. The van der Waals surface area contributed by atoms with Crippen LogP contribution in [0.4, 0.5) is 0 Å². The van der Waals surface area contributed by atoms with Crippen molar-refractivity contribution in [3.8, 4) is 0 Å². The molecule has 1 aliphatic rings. The Hall–Kier alpha value is -1.88. The Kier molecular flexibility index (Phi) is 6.09. The van der Waals surface area contributed by atoms with Gasteiger partial charge in [-0.05, 0) is 49.2 Å². The van der Waals surface area contributed by atoms with E-state index in [1.165, 1.54) is 23.9 Å². The second kappa shape index (κ2) is 8.10. The molecule has 3 rings (SSSR count). The number of piperidine rings is 1. The standard InChI is InChI=1S/C19H21NO6S3/c1-28(23,24)20-13-11-19(12-14-20,18(21)22)29(25,26)17-9-7-16(8-10-17)27-15-5-3-2-4-6-15/h2-10H,11-14H2,1H3,(H,21,22). The topological polar surface area (TPSA) is 109 Å². The summed E-state index contributed by atoms with van der Waals surface area (Å²) in [5, 5.41) is 9.77. The Labute approximate surface area is 174 Å². The molecule has 29 heavy (non-hydrogen) atoms. The molecule has 1 fully saturated rings. The van der Waals surface area contributed by atoms with Gasteiger partial charge in [0.25, 0.3) is 0 Å². The van der Waals surface area contributed by atoms with Crippen molar-refractivity contribution >= 4 is 37.6 Å². The maximum Gasteiger partial charge on any atom is 0.325 e. The van der Waals surface area contributed by atoms with Crippen LogP contribution in [0.15, 0.2) is 69.3 Å². The van der Waals surface area contributed by atoms with Crippen LogP contribution in [0.1, 0.15) is 12.8 Å². The van der Waals surface area contributed by atoms with Gasteiger partial charge in [-0.25, -0.2) is 21.1 Å². The zero-order valence-corrected chi connectivity index (χ0v) is 18.1. The molecule has 0 aliphatic carbocycles. The molecule has 0 atom stereocenters. The average Bonchev–Trinajstić information content (AvgIpc) is 2.68. The molecule has 0 aromatic heterocycles. The monoisotopic (exact) mass is 455 g/mol. The molecule has 10 heteroatoms. The molecule has 2 aromatic carbocycles. The van der Waals surface area contributed by atoms with Gasteiger partial charge in [0.1, 0.15) is 0 Å². The Morgan fingerprint density at radius 3 is 1.93 bits per heavy atom. The molecular formula is C19H21NO6S3. The summed E-state index contributed by atoms with van der Waals surface area (Å²) in [5.41, 5.74) is 0. The van der Waals surface area contributed by atoms with Crippen molar-refractivity contribution in [3.63, 3.8) is 0 Å². The zero-order valence-electron chi connectivity index (χ0n) is 15.7. The lowest BCUT2D eigenvalue weighted by atomic mass is 9.97. The smallest absolute Gasteiger partial charge is 0.325 e. The van der Waals surface area contributed by atoms with Crippen LogP contribution < -0.4 is 0 Å². The first-order chi connectivity index (χ1) is 13.6. The summed E-state index contributed by atoms with van der Waals surface area (Å²) in [5.74, 6) is -1.45. The molecule has 1 saturated heterocycles. The highest BCUT2D eigenvalue weighted by Crippen LogP contribution is 2.37. The lowest BCUT2D eigenvalue weighted by Crippen LogP contribution is -2.55. The third-order valence-corrected chi connectivity index (χ3v) is 9.84. The molecule has 1 aliphatic heterocycles. The molecule has 1 N–H and O–H groups in total. The van der Waals surface area contributed by atoms with Gasteiger partial charge >= 0.3 is 5.97 Å². The second-order valence-electron chi connectivity index (χ2n) is 6.85. The van der Waals surface area contributed by atoms with Crippen molar-refractivity contribution in [2.75, 3.05) is 19.3 Å². The van der Waals surface area contributed by atoms with E-state index in [1.54, 1.807) is 12.1 Å². The van der Waals surface area contributed by atoms with E-state index in [0.717, 1.165) is 20.4 Å². The number of sulfone groups is 1. The van der Waals surface area contributed by atoms with Gasteiger partial charge in [-0.1, -0.05) is 30.0 Å². The maximum absolute atomic E-state index is 13.2. The molecule has 0 radical (unpaired) electrons. The van der Waals surface area contributed by atoms with Crippen LogP contribution in [0.25, 0.3) is 0 Å². The predicted molar refractivity (Wildman–Crippen MR) is 110 cm³/mol. The van der Waals surface area contributed by atoms with Crippen LogP contribution in [-0.2, 0) is 24.7 Å². The van der Waals surface area contributed by atoms with Crippen LogP contribution in [0.2, 0.25) is 0 Å². The van der Waals surface area contributed by atoms with Gasteiger partial charge in [0, 0.05) is 22.9 Å². The molecule has 0 amide bonds. The van der Waals surface area contributed by atoms with Gasteiger partial charge in [-0.2, -0.15) is 0 Å². The molecular weight excluding hydrogens is 434 g/mol. The van der Waals surface area contributed by atoms with Gasteiger partial charge < -0.3 is 5.11 Å². The van der Waals surface area contributed by atoms with E-state index in [1.807, 2.05) is 30.3 Å². The summed E-state index contributed by atoms with van der Waals surface area (Å²) in [6, 6.07) is 15.7. The minimum absolute atomic E-state index is 0.0786. The highest BCUT2D eigenvalue weighted by molar-refractivity contribution is 7.99. The molecule has 0 saturated carbocycles. The summed E-state index contributed by atoms with van der Waals surface area (Å²) in [6.45, 7) is -0.293. The number of benzene rings is 2. The van der Waals surface area contributed by atoms with Crippen LogP contribution in [0, 0.1) is 0 Å². The first kappa shape index (κ1) is 21.8. The number of sulfonamides is 1. The quantitative estimate of drug-likeness (QED) is 0.713. The molecule has 7 nitrogen and oxygen atoms in total. The molecule has 156 valence electrons. The van der Waals surface area contributed by atoms with Crippen molar-refractivity contribution in [1.29, 1.82) is 0 Å². The van der Waals surface area contributed by atoms with Gasteiger partial charge in [0.15, 0.2) is 14.6 Å². The van der Waals surface area contributed by atoms with Crippen LogP contribution >= 0.6 is 11.8 Å². The minimum Gasteiger partial charge on any atom is -0.480 e. The van der Waals surface area contributed by atoms with E-state index in [4.69, 9.17) is 0 Å². The van der Waals surface area contributed by atoms with Gasteiger partial charge in [-0.3, -0.25) is 4.79 Å². The number of hydrogen-bond donors (Lipinski definition) is 1. The molecule has 2 aromatic rings. The van der Waals surface area contributed by atoms with Crippen molar-refractivity contribution in [2.24, 2.45) is 0 Å². The summed E-state index contributed by atoms with van der Waals surface area (Å²) < 4.78 is 48.9. The molecule has 0 spiro atoms. The van der Waals surface area contributed by atoms with E-state index in [0.29, 0.717) is 0 Å². The van der Waals surface area contributed by atoms with Gasteiger partial charge in [0.2, 0.25) is 10.0 Å². The largest absolute Gasteiger partial charge is 0.480 e. The number of carboxylic acids is 1. The summed E-state index contributed by atoms with van der Waals surface area (Å²) in [6.07, 6.45) is 0.439. The lowest BCUT2D eigenvalue weighted by molar-refractivity contribution is -0.141. The highest BCUT2D eigenvalue weighted by atomic mass is 32.2. The Morgan fingerprint density at radius 2 is 1.45 bits per heavy atom. The number of rotatable bonds is 6. The Balaban J connectivity index is 1.87. The minimum atomic E-state index is -4.21. The van der Waals surface area contributed by atoms with Gasteiger partial charge in [-0.15, -0.1) is 0 Å². The van der Waals surface area contributed by atoms with E-state index in [-0.39, 0.29) is 30.8 Å². The fourth-order valence-electron chi connectivity index (χ4n) is 3.31. The maximum atomic E-state index is 13.2. The second-order valence-corrected chi connectivity index (χ2v) is 12.2. The van der Waals surface area contributed by atoms with Crippen LogP contribution in [-0.4, -0.2) is 56.3 Å². The Morgan fingerprint density at radius 1 is 0.931 bits per heavy atom. The normalized spacial score (nSPS) is 17.7. The van der Waals surface area contributed by atoms with Crippen LogP contribution in [0.5, 0.6) is 0 Å². The van der Waals surface area contributed by atoms with Crippen molar-refractivity contribution < 1.29 is 26.7 Å². The van der Waals surface area contributed by atoms with Crippen LogP contribution in [0.3, 0.4) is 0 Å². The van der Waals surface area contributed by atoms with Crippen molar-refractivity contribution in [3.05, 3.63) is 54.6 Å². The van der Waals surface area contributed by atoms with E-state index < -0.39 is 30.6 Å².